The zero-order valence-electron chi connectivity index (χ0n) is 40.7. The van der Waals surface area contributed by atoms with Crippen molar-refractivity contribution in [3.05, 3.63) is 71.4 Å². The number of nitrogens with two attached hydrogens (primary N) is 1. The minimum atomic E-state index is -5.44. The van der Waals surface area contributed by atoms with Gasteiger partial charge in [-0.25, -0.2) is 13.9 Å². The fourth-order valence-electron chi connectivity index (χ4n) is 7.11. The number of phosphoric acid groups is 2. The molecular formula is C48H81N3O16P2. The highest BCUT2D eigenvalue weighted by Crippen LogP contribution is 2.60. The van der Waals surface area contributed by atoms with Crippen molar-refractivity contribution in [3.8, 4) is 0 Å². The van der Waals surface area contributed by atoms with Crippen molar-refractivity contribution in [1.29, 1.82) is 0 Å². The number of aromatic nitrogens is 2. The second kappa shape index (κ2) is 36.6. The lowest BCUT2D eigenvalue weighted by molar-refractivity contribution is -0.161. The van der Waals surface area contributed by atoms with Crippen molar-refractivity contribution in [1.82, 2.24) is 9.55 Å². The molecule has 3 unspecified atom stereocenters. The number of allylic oxidation sites excluding steroid dienone is 6. The van der Waals surface area contributed by atoms with Gasteiger partial charge in [-0.2, -0.15) is 9.29 Å². The van der Waals surface area contributed by atoms with Crippen molar-refractivity contribution in [2.24, 2.45) is 0 Å². The lowest BCUT2D eigenvalue weighted by Gasteiger charge is -2.21. The van der Waals surface area contributed by atoms with Gasteiger partial charge in [-0.1, -0.05) is 133 Å². The van der Waals surface area contributed by atoms with Gasteiger partial charge in [0.05, 0.1) is 19.3 Å². The Kier molecular flexibility index (Phi) is 32.8. The van der Waals surface area contributed by atoms with Crippen LogP contribution in [0.2, 0.25) is 0 Å². The predicted molar refractivity (Wildman–Crippen MR) is 262 cm³/mol. The van der Waals surface area contributed by atoms with E-state index in [2.05, 4.69) is 28.4 Å². The fraction of sp³-hybridized carbons (Fsp3) is 0.708. The maximum absolute atomic E-state index is 12.8. The summed E-state index contributed by atoms with van der Waals surface area (Å²) in [7, 11) is -10.9. The van der Waals surface area contributed by atoms with E-state index in [0.29, 0.717) is 19.3 Å². The molecule has 1 aromatic heterocycles. The molecule has 0 saturated carbocycles. The van der Waals surface area contributed by atoms with Crippen LogP contribution in [0.5, 0.6) is 0 Å². The summed E-state index contributed by atoms with van der Waals surface area (Å²) < 4.78 is 56.7. The number of rotatable bonds is 40. The number of aliphatic hydroxyl groups is 3. The van der Waals surface area contributed by atoms with Crippen LogP contribution >= 0.6 is 15.6 Å². The first-order chi connectivity index (χ1) is 33.1. The number of nitrogen functional groups attached to an aromatic ring is 1. The quantitative estimate of drug-likeness (QED) is 0.0118. The average molecular weight is 1020 g/mol. The molecule has 394 valence electrons. The first-order valence-electron chi connectivity index (χ1n) is 24.8. The third-order valence-corrected chi connectivity index (χ3v) is 13.6. The van der Waals surface area contributed by atoms with Crippen LogP contribution in [0.15, 0.2) is 65.7 Å². The van der Waals surface area contributed by atoms with Crippen molar-refractivity contribution >= 4 is 33.4 Å². The number of hydrogen-bond donors (Lipinski definition) is 6. The molecule has 7 N–H and O–H groups in total. The number of nitrogens with zero attached hydrogens (tertiary/aromatic N) is 2. The van der Waals surface area contributed by atoms with Gasteiger partial charge >= 0.3 is 33.3 Å². The standard InChI is InChI=1S/C48H81N3O16P2/c1-3-5-7-8-9-10-11-12-13-14-15-18-21-24-28-32-43(53)62-36-40(65-44(54)33-29-25-22-19-16-17-20-23-27-31-39(52)30-26-6-4-2)37-63-68(58,59)67-69(60,61)64-38-41-45(55)46(56)47(66-41)51-35-34-42(49)50-48(51)57/h6,10-11,20,23,26-27,31,34-35,39-41,45-47,52,55-56H,3-5,7-9,12-19,21-22,24-25,28-30,32-33,36-38H2,1-2H3,(H,58,59)(H,60,61)(H2,49,50,57)/b11-10-,23-20+,26-6+,31-27+/t39?,40-,41-,45-,46-,47-/m1/s1. The van der Waals surface area contributed by atoms with Crippen LogP contribution in [0, 0.1) is 0 Å². The van der Waals surface area contributed by atoms with Crippen molar-refractivity contribution in [3.63, 3.8) is 0 Å². The molecule has 1 aliphatic heterocycles. The predicted octanol–water partition coefficient (Wildman–Crippen LogP) is 8.75. The molecule has 0 amide bonds. The van der Waals surface area contributed by atoms with Crippen molar-refractivity contribution < 1.29 is 71.4 Å². The summed E-state index contributed by atoms with van der Waals surface area (Å²) in [5, 5.41) is 30.8. The molecular weight excluding hydrogens is 936 g/mol. The molecule has 1 aromatic rings. The maximum atomic E-state index is 12.8. The number of carbonyl (C=O) groups is 2. The monoisotopic (exact) mass is 1020 g/mol. The number of carbonyl (C=O) groups excluding carboxylic acids is 2. The minimum absolute atomic E-state index is 0.00181. The number of unbranched alkanes of at least 4 members (excludes halogenated alkanes) is 16. The van der Waals surface area contributed by atoms with Crippen LogP contribution in [-0.4, -0.2) is 96.9 Å². The van der Waals surface area contributed by atoms with E-state index in [1.807, 2.05) is 37.3 Å². The largest absolute Gasteiger partial charge is 0.481 e. The number of ether oxygens (including phenoxy) is 3. The third kappa shape index (κ3) is 29.6. The van der Waals surface area contributed by atoms with E-state index in [1.165, 1.54) is 31.7 Å². The second-order valence-electron chi connectivity index (χ2n) is 17.1. The number of anilines is 1. The Morgan fingerprint density at radius 2 is 1.35 bits per heavy atom. The Morgan fingerprint density at radius 3 is 1.97 bits per heavy atom. The molecule has 19 nitrogen and oxygen atoms in total. The van der Waals surface area contributed by atoms with Gasteiger partial charge in [0.25, 0.3) is 0 Å². The number of hydrogen-bond acceptors (Lipinski definition) is 16. The van der Waals surface area contributed by atoms with E-state index in [1.54, 1.807) is 6.08 Å². The van der Waals surface area contributed by atoms with Gasteiger partial charge in [-0.05, 0) is 70.3 Å². The van der Waals surface area contributed by atoms with E-state index in [0.717, 1.165) is 101 Å². The van der Waals surface area contributed by atoms with Crippen molar-refractivity contribution in [2.45, 2.75) is 198 Å². The third-order valence-electron chi connectivity index (χ3n) is 11.0. The molecule has 0 aromatic carbocycles. The highest BCUT2D eigenvalue weighted by Gasteiger charge is 2.46. The molecule has 1 aliphatic rings. The van der Waals surface area contributed by atoms with E-state index in [9.17, 15) is 48.6 Å². The Labute approximate surface area is 408 Å². The zero-order chi connectivity index (χ0) is 50.8. The smallest absolute Gasteiger partial charge is 0.462 e. The molecule has 0 bridgehead atoms. The highest BCUT2D eigenvalue weighted by molar-refractivity contribution is 7.61. The highest BCUT2D eigenvalue weighted by atomic mass is 31.3. The maximum Gasteiger partial charge on any atom is 0.481 e. The lowest BCUT2D eigenvalue weighted by atomic mass is 10.1. The average Bonchev–Trinajstić information content (AvgIpc) is 3.58. The molecule has 21 heteroatoms. The van der Waals surface area contributed by atoms with Gasteiger partial charge in [-0.15, -0.1) is 0 Å². The first kappa shape index (κ1) is 61.8. The summed E-state index contributed by atoms with van der Waals surface area (Å²) in [6, 6.07) is 1.24. The van der Waals surface area contributed by atoms with Crippen LogP contribution in [0.1, 0.15) is 168 Å². The Morgan fingerprint density at radius 1 is 0.768 bits per heavy atom. The topological polar surface area (TPSA) is 286 Å². The fourth-order valence-corrected chi connectivity index (χ4v) is 9.22. The lowest BCUT2D eigenvalue weighted by Crippen LogP contribution is -2.36. The van der Waals surface area contributed by atoms with Gasteiger partial charge in [0.15, 0.2) is 12.3 Å². The summed E-state index contributed by atoms with van der Waals surface area (Å²) in [5.41, 5.74) is 4.58. The van der Waals surface area contributed by atoms with Gasteiger partial charge in [0.2, 0.25) is 0 Å². The Balaban J connectivity index is 1.83. The first-order valence-corrected chi connectivity index (χ1v) is 27.7. The van der Waals surface area contributed by atoms with Gasteiger partial charge in [-0.3, -0.25) is 23.2 Å². The summed E-state index contributed by atoms with van der Waals surface area (Å²) in [6.07, 6.45) is 29.5. The molecule has 2 heterocycles. The SMILES string of the molecule is CC/C=C/CC(O)/C=C/C=C/CCCCCCCC(=O)O[C@H](COC(=O)CCCCCCCCC/C=C\CCCCCC)COP(=O)(O)OP(=O)(O)OC[C@H]1O[C@@H](n2ccc(N)nc2=O)[C@H](O)[C@@H]1O. The zero-order valence-corrected chi connectivity index (χ0v) is 42.5. The molecule has 2 rings (SSSR count). The molecule has 8 atom stereocenters. The molecule has 1 saturated heterocycles. The van der Waals surface area contributed by atoms with Crippen molar-refractivity contribution in [2.75, 3.05) is 25.6 Å². The summed E-state index contributed by atoms with van der Waals surface area (Å²) in [4.78, 5) is 61.8. The number of phosphoric ester groups is 2. The summed E-state index contributed by atoms with van der Waals surface area (Å²) in [5.74, 6) is -1.36. The Bertz CT molecular complexity index is 1860. The van der Waals surface area contributed by atoms with Crippen LogP contribution < -0.4 is 11.4 Å². The van der Waals surface area contributed by atoms with Gasteiger partial charge in [0, 0.05) is 19.0 Å². The van der Waals surface area contributed by atoms with Crippen LogP contribution in [0.25, 0.3) is 0 Å². The summed E-state index contributed by atoms with van der Waals surface area (Å²) in [6.45, 7) is 1.89. The Hall–Kier alpha value is -3.32. The van der Waals surface area contributed by atoms with E-state index in [-0.39, 0.29) is 18.7 Å². The summed E-state index contributed by atoms with van der Waals surface area (Å²) >= 11 is 0. The molecule has 1 fully saturated rings. The molecule has 0 radical (unpaired) electrons. The van der Waals surface area contributed by atoms with Crippen LogP contribution in [0.3, 0.4) is 0 Å². The number of aliphatic hydroxyl groups excluding tert-OH is 3. The molecule has 0 spiro atoms. The van der Waals surface area contributed by atoms with Gasteiger partial charge < -0.3 is 45.1 Å². The van der Waals surface area contributed by atoms with Crippen LogP contribution in [0.4, 0.5) is 5.82 Å². The molecule has 69 heavy (non-hydrogen) atoms. The number of esters is 2. The van der Waals surface area contributed by atoms with E-state index >= 15 is 0 Å². The molecule has 0 aliphatic carbocycles. The minimum Gasteiger partial charge on any atom is -0.462 e. The second-order valence-corrected chi connectivity index (χ2v) is 20.2. The van der Waals surface area contributed by atoms with E-state index in [4.69, 9.17) is 29.0 Å². The van der Waals surface area contributed by atoms with Crippen LogP contribution in [-0.2, 0) is 46.3 Å². The van der Waals surface area contributed by atoms with E-state index < -0.39 is 89.8 Å². The van der Waals surface area contributed by atoms with Gasteiger partial charge in [0.1, 0.15) is 30.7 Å². The normalized spacial score (nSPS) is 20.2.